The molecule has 0 aromatic heterocycles. The zero-order chi connectivity index (χ0) is 9.07. The summed E-state index contributed by atoms with van der Waals surface area (Å²) in [6, 6.07) is 0. The van der Waals surface area contributed by atoms with Gasteiger partial charge in [-0.15, -0.1) is 0 Å². The molecular formula is C10H23N. The van der Waals surface area contributed by atoms with Crippen molar-refractivity contribution in [1.82, 2.24) is 4.90 Å². The van der Waals surface area contributed by atoms with E-state index in [-0.39, 0.29) is 0 Å². The van der Waals surface area contributed by atoms with Crippen LogP contribution in [0.1, 0.15) is 34.1 Å². The van der Waals surface area contributed by atoms with Crippen LogP contribution in [0.5, 0.6) is 0 Å². The lowest BCUT2D eigenvalue weighted by atomic mass is 9.79. The third-order valence-corrected chi connectivity index (χ3v) is 2.30. The maximum Gasteiger partial charge on any atom is 0.000846 e. The molecule has 0 aromatic carbocycles. The second-order valence-corrected chi connectivity index (χ2v) is 4.73. The zero-order valence-electron chi connectivity index (χ0n) is 8.94. The molecule has 0 aliphatic carbocycles. The third-order valence-electron chi connectivity index (χ3n) is 2.30. The Balaban J connectivity index is 3.96. The molecule has 0 amide bonds. The molecule has 0 aliphatic rings. The Morgan fingerprint density at radius 3 is 1.73 bits per heavy atom. The van der Waals surface area contributed by atoms with Gasteiger partial charge in [-0.1, -0.05) is 34.1 Å². The number of hydrogen-bond donors (Lipinski definition) is 0. The molecule has 0 radical (unpaired) electrons. The molecule has 11 heavy (non-hydrogen) atoms. The van der Waals surface area contributed by atoms with E-state index in [1.165, 1.54) is 13.0 Å². The van der Waals surface area contributed by atoms with Crippen molar-refractivity contribution in [3.05, 3.63) is 0 Å². The molecule has 0 unspecified atom stereocenters. The first kappa shape index (κ1) is 11.0. The van der Waals surface area contributed by atoms with Gasteiger partial charge in [0.1, 0.15) is 0 Å². The molecule has 0 N–H and O–H groups in total. The van der Waals surface area contributed by atoms with Gasteiger partial charge in [0, 0.05) is 6.54 Å². The first-order valence-electron chi connectivity index (χ1n) is 4.52. The van der Waals surface area contributed by atoms with E-state index in [1.807, 2.05) is 0 Å². The Labute approximate surface area is 71.8 Å². The predicted molar refractivity (Wildman–Crippen MR) is 51.8 cm³/mol. The van der Waals surface area contributed by atoms with Crippen molar-refractivity contribution < 1.29 is 0 Å². The third kappa shape index (κ3) is 4.41. The SMILES string of the molecule is CC[C@H](CN(C)C)C(C)(C)C. The molecule has 68 valence electrons. The summed E-state index contributed by atoms with van der Waals surface area (Å²) in [5, 5.41) is 0. The Kier molecular flexibility index (Phi) is 4.09. The van der Waals surface area contributed by atoms with Crippen LogP contribution in [0.2, 0.25) is 0 Å². The van der Waals surface area contributed by atoms with E-state index in [2.05, 4.69) is 46.7 Å². The maximum atomic E-state index is 2.32. The molecule has 1 atom stereocenters. The first-order chi connectivity index (χ1) is 4.88. The largest absolute Gasteiger partial charge is 0.309 e. The minimum absolute atomic E-state index is 0.457. The van der Waals surface area contributed by atoms with Crippen LogP contribution in [-0.4, -0.2) is 25.5 Å². The van der Waals surface area contributed by atoms with E-state index >= 15 is 0 Å². The number of nitrogens with zero attached hydrogens (tertiary/aromatic N) is 1. The molecule has 1 heteroatoms. The van der Waals surface area contributed by atoms with Crippen LogP contribution < -0.4 is 0 Å². The second kappa shape index (κ2) is 4.10. The monoisotopic (exact) mass is 157 g/mol. The van der Waals surface area contributed by atoms with Gasteiger partial charge in [0.05, 0.1) is 0 Å². The fourth-order valence-electron chi connectivity index (χ4n) is 1.46. The van der Waals surface area contributed by atoms with Gasteiger partial charge < -0.3 is 4.90 Å². The van der Waals surface area contributed by atoms with Gasteiger partial charge in [0.15, 0.2) is 0 Å². The van der Waals surface area contributed by atoms with Crippen molar-refractivity contribution in [3.8, 4) is 0 Å². The highest BCUT2D eigenvalue weighted by molar-refractivity contribution is 4.74. The Morgan fingerprint density at radius 2 is 1.64 bits per heavy atom. The maximum absolute atomic E-state index is 2.32. The van der Waals surface area contributed by atoms with Crippen LogP contribution in [0.4, 0.5) is 0 Å². The standard InChI is InChI=1S/C10H23N/c1-7-9(8-11(5)6)10(2,3)4/h9H,7-8H2,1-6H3/t9-/m1/s1. The predicted octanol–water partition coefficient (Wildman–Crippen LogP) is 2.62. The molecule has 1 nitrogen and oxygen atoms in total. The highest BCUT2D eigenvalue weighted by atomic mass is 15.1. The molecular weight excluding hydrogens is 134 g/mol. The van der Waals surface area contributed by atoms with E-state index in [1.54, 1.807) is 0 Å². The van der Waals surface area contributed by atoms with Gasteiger partial charge in [0.2, 0.25) is 0 Å². The molecule has 0 heterocycles. The highest BCUT2D eigenvalue weighted by Gasteiger charge is 2.22. The van der Waals surface area contributed by atoms with Crippen LogP contribution in [0.15, 0.2) is 0 Å². The van der Waals surface area contributed by atoms with Crippen LogP contribution >= 0.6 is 0 Å². The van der Waals surface area contributed by atoms with Crippen LogP contribution in [0, 0.1) is 11.3 Å². The summed E-state index contributed by atoms with van der Waals surface area (Å²) in [4.78, 5) is 2.28. The van der Waals surface area contributed by atoms with Crippen molar-refractivity contribution in [2.45, 2.75) is 34.1 Å². The molecule has 0 fully saturated rings. The fraction of sp³-hybridized carbons (Fsp3) is 1.00. The highest BCUT2D eigenvalue weighted by Crippen LogP contribution is 2.28. The van der Waals surface area contributed by atoms with Crippen LogP contribution in [0.25, 0.3) is 0 Å². The lowest BCUT2D eigenvalue weighted by Crippen LogP contribution is -2.30. The molecule has 0 spiro atoms. The fourth-order valence-corrected chi connectivity index (χ4v) is 1.46. The van der Waals surface area contributed by atoms with Crippen molar-refractivity contribution in [2.75, 3.05) is 20.6 Å². The van der Waals surface area contributed by atoms with Gasteiger partial charge in [0.25, 0.3) is 0 Å². The van der Waals surface area contributed by atoms with E-state index in [0.29, 0.717) is 5.41 Å². The normalized spacial score (nSPS) is 15.5. The van der Waals surface area contributed by atoms with Crippen LogP contribution in [-0.2, 0) is 0 Å². The summed E-state index contributed by atoms with van der Waals surface area (Å²) < 4.78 is 0. The summed E-state index contributed by atoms with van der Waals surface area (Å²) >= 11 is 0. The smallest absolute Gasteiger partial charge is 0.000846 e. The van der Waals surface area contributed by atoms with Gasteiger partial charge in [-0.05, 0) is 25.4 Å². The molecule has 0 bridgehead atoms. The summed E-state index contributed by atoms with van der Waals surface area (Å²) in [6.07, 6.45) is 1.28. The summed E-state index contributed by atoms with van der Waals surface area (Å²) in [6.45, 7) is 10.5. The molecule has 0 aromatic rings. The minimum atomic E-state index is 0.457. The van der Waals surface area contributed by atoms with Crippen molar-refractivity contribution in [2.24, 2.45) is 11.3 Å². The summed E-state index contributed by atoms with van der Waals surface area (Å²) in [7, 11) is 4.29. The molecule has 0 aliphatic heterocycles. The van der Waals surface area contributed by atoms with E-state index in [0.717, 1.165) is 5.92 Å². The van der Waals surface area contributed by atoms with Gasteiger partial charge in [-0.25, -0.2) is 0 Å². The number of hydrogen-bond acceptors (Lipinski definition) is 1. The molecule has 0 rings (SSSR count). The van der Waals surface area contributed by atoms with Crippen molar-refractivity contribution in [1.29, 1.82) is 0 Å². The molecule has 0 saturated carbocycles. The van der Waals surface area contributed by atoms with Gasteiger partial charge in [-0.2, -0.15) is 0 Å². The molecule has 0 saturated heterocycles. The van der Waals surface area contributed by atoms with Crippen LogP contribution in [0.3, 0.4) is 0 Å². The first-order valence-corrected chi connectivity index (χ1v) is 4.52. The Morgan fingerprint density at radius 1 is 1.18 bits per heavy atom. The number of rotatable bonds is 3. The van der Waals surface area contributed by atoms with E-state index < -0.39 is 0 Å². The average molecular weight is 157 g/mol. The lowest BCUT2D eigenvalue weighted by molar-refractivity contribution is 0.179. The lowest BCUT2D eigenvalue weighted by Gasteiger charge is -2.32. The average Bonchev–Trinajstić information content (AvgIpc) is 1.79. The van der Waals surface area contributed by atoms with Gasteiger partial charge >= 0.3 is 0 Å². The van der Waals surface area contributed by atoms with Crippen molar-refractivity contribution >= 4 is 0 Å². The second-order valence-electron chi connectivity index (χ2n) is 4.73. The minimum Gasteiger partial charge on any atom is -0.309 e. The Bertz CT molecular complexity index is 99.9. The zero-order valence-corrected chi connectivity index (χ0v) is 8.94. The van der Waals surface area contributed by atoms with Gasteiger partial charge in [-0.3, -0.25) is 0 Å². The quantitative estimate of drug-likeness (QED) is 0.608. The Hall–Kier alpha value is -0.0400. The topological polar surface area (TPSA) is 3.24 Å². The van der Waals surface area contributed by atoms with Crippen molar-refractivity contribution in [3.63, 3.8) is 0 Å². The summed E-state index contributed by atoms with van der Waals surface area (Å²) in [5.74, 6) is 0.817. The van der Waals surface area contributed by atoms with E-state index in [4.69, 9.17) is 0 Å². The van der Waals surface area contributed by atoms with E-state index in [9.17, 15) is 0 Å². The summed E-state index contributed by atoms with van der Waals surface area (Å²) in [5.41, 5.74) is 0.457.